The zero-order valence-electron chi connectivity index (χ0n) is 17.2. The maximum Gasteiger partial charge on any atom is 0.234 e. The van der Waals surface area contributed by atoms with Gasteiger partial charge < -0.3 is 19.4 Å². The number of aromatic nitrogens is 3. The first-order chi connectivity index (χ1) is 14.6. The minimum atomic E-state index is -0.148. The summed E-state index contributed by atoms with van der Waals surface area (Å²) < 4.78 is 12.5. The fourth-order valence-corrected chi connectivity index (χ4v) is 4.27. The molecule has 3 aromatic rings. The van der Waals surface area contributed by atoms with Crippen LogP contribution in [0.1, 0.15) is 29.6 Å². The lowest BCUT2D eigenvalue weighted by atomic mass is 10.1. The summed E-state index contributed by atoms with van der Waals surface area (Å²) in [5, 5.41) is 12.3. The van der Waals surface area contributed by atoms with Crippen molar-refractivity contribution in [2.24, 2.45) is 7.05 Å². The zero-order valence-corrected chi connectivity index (χ0v) is 18.0. The molecule has 0 spiro atoms. The number of carbonyl (C=O) groups is 1. The summed E-state index contributed by atoms with van der Waals surface area (Å²) in [7, 11) is 5.10. The first kappa shape index (κ1) is 20.3. The number of nitrogens with zero attached hydrogens (tertiary/aromatic N) is 3. The van der Waals surface area contributed by atoms with Gasteiger partial charge in [0.05, 0.1) is 25.7 Å². The highest BCUT2D eigenvalue weighted by molar-refractivity contribution is 7.99. The summed E-state index contributed by atoms with van der Waals surface area (Å²) in [6.45, 7) is 0. The number of thioether (sulfide) groups is 1. The first-order valence-electron chi connectivity index (χ1n) is 9.69. The van der Waals surface area contributed by atoms with Crippen molar-refractivity contribution in [1.29, 1.82) is 0 Å². The van der Waals surface area contributed by atoms with E-state index in [0.29, 0.717) is 29.0 Å². The Labute approximate surface area is 179 Å². The largest absolute Gasteiger partial charge is 0.497 e. The minimum Gasteiger partial charge on any atom is -0.497 e. The topological polar surface area (TPSA) is 78.3 Å². The number of nitrogens with one attached hydrogen (secondary N) is 1. The smallest absolute Gasteiger partial charge is 0.234 e. The zero-order chi connectivity index (χ0) is 21.1. The van der Waals surface area contributed by atoms with E-state index in [1.807, 2.05) is 17.7 Å². The van der Waals surface area contributed by atoms with Crippen molar-refractivity contribution in [2.75, 3.05) is 25.3 Å². The van der Waals surface area contributed by atoms with Gasteiger partial charge in [-0.15, -0.1) is 10.2 Å². The normalized spacial score (nSPS) is 17.4. The average molecular weight is 425 g/mol. The number of ether oxygens (including phenoxy) is 2. The lowest BCUT2D eigenvalue weighted by molar-refractivity contribution is -0.113. The van der Waals surface area contributed by atoms with Crippen LogP contribution >= 0.6 is 11.8 Å². The van der Waals surface area contributed by atoms with Crippen LogP contribution in [0.3, 0.4) is 0 Å². The van der Waals surface area contributed by atoms with Crippen LogP contribution < -0.4 is 14.8 Å². The van der Waals surface area contributed by atoms with E-state index in [9.17, 15) is 4.79 Å². The summed E-state index contributed by atoms with van der Waals surface area (Å²) in [6, 6.07) is 15.8. The molecule has 30 heavy (non-hydrogen) atoms. The van der Waals surface area contributed by atoms with Gasteiger partial charge in [0.25, 0.3) is 0 Å². The van der Waals surface area contributed by atoms with Crippen molar-refractivity contribution in [3.63, 3.8) is 0 Å². The molecule has 2 unspecified atom stereocenters. The van der Waals surface area contributed by atoms with Gasteiger partial charge >= 0.3 is 0 Å². The van der Waals surface area contributed by atoms with Crippen LogP contribution in [0.5, 0.6) is 11.5 Å². The first-order valence-corrected chi connectivity index (χ1v) is 10.7. The van der Waals surface area contributed by atoms with Crippen molar-refractivity contribution < 1.29 is 14.3 Å². The second-order valence-corrected chi connectivity index (χ2v) is 8.10. The maximum absolute atomic E-state index is 12.5. The van der Waals surface area contributed by atoms with E-state index >= 15 is 0 Å². The van der Waals surface area contributed by atoms with Crippen molar-refractivity contribution >= 4 is 23.4 Å². The van der Waals surface area contributed by atoms with Gasteiger partial charge in [0.1, 0.15) is 17.3 Å². The molecule has 1 aliphatic carbocycles. The number of benzene rings is 2. The van der Waals surface area contributed by atoms with Crippen LogP contribution in [0.2, 0.25) is 0 Å². The SMILES string of the molecule is COc1ccc(OC)c(NC(=O)CSc2nnc(C3CC3c3ccccc3)n2C)c1. The van der Waals surface area contributed by atoms with Gasteiger partial charge in [0, 0.05) is 19.0 Å². The molecule has 1 N–H and O–H groups in total. The Kier molecular flexibility index (Phi) is 5.94. The highest BCUT2D eigenvalue weighted by atomic mass is 32.2. The van der Waals surface area contributed by atoms with Gasteiger partial charge in [-0.1, -0.05) is 42.1 Å². The Balaban J connectivity index is 1.37. The van der Waals surface area contributed by atoms with E-state index < -0.39 is 0 Å². The molecule has 2 aromatic carbocycles. The predicted molar refractivity (Wildman–Crippen MR) is 116 cm³/mol. The van der Waals surface area contributed by atoms with Crippen LogP contribution in [0.25, 0.3) is 0 Å². The Hall–Kier alpha value is -3.00. The molecule has 0 aliphatic heterocycles. The van der Waals surface area contributed by atoms with Crippen LogP contribution in [-0.2, 0) is 11.8 Å². The van der Waals surface area contributed by atoms with Crippen molar-refractivity contribution in [3.8, 4) is 11.5 Å². The highest BCUT2D eigenvalue weighted by Crippen LogP contribution is 2.54. The lowest BCUT2D eigenvalue weighted by Gasteiger charge is -2.11. The monoisotopic (exact) mass is 424 g/mol. The van der Waals surface area contributed by atoms with E-state index in [2.05, 4.69) is 39.8 Å². The summed E-state index contributed by atoms with van der Waals surface area (Å²) in [4.78, 5) is 12.5. The third-order valence-corrected chi connectivity index (χ3v) is 6.25. The molecule has 0 radical (unpaired) electrons. The van der Waals surface area contributed by atoms with E-state index in [-0.39, 0.29) is 11.7 Å². The second kappa shape index (κ2) is 8.79. The molecule has 1 heterocycles. The van der Waals surface area contributed by atoms with Gasteiger partial charge in [0.15, 0.2) is 5.16 Å². The maximum atomic E-state index is 12.5. The third-order valence-electron chi connectivity index (χ3n) is 5.23. The van der Waals surface area contributed by atoms with Crippen LogP contribution in [0.15, 0.2) is 53.7 Å². The lowest BCUT2D eigenvalue weighted by Crippen LogP contribution is -2.15. The van der Waals surface area contributed by atoms with Crippen molar-refractivity contribution in [2.45, 2.75) is 23.4 Å². The Morgan fingerprint density at radius 3 is 2.67 bits per heavy atom. The molecule has 1 aromatic heterocycles. The van der Waals surface area contributed by atoms with E-state index in [1.54, 1.807) is 32.4 Å². The molecule has 1 fully saturated rings. The molecule has 1 saturated carbocycles. The Morgan fingerprint density at radius 2 is 1.93 bits per heavy atom. The van der Waals surface area contributed by atoms with Gasteiger partial charge in [-0.2, -0.15) is 0 Å². The fourth-order valence-electron chi connectivity index (χ4n) is 3.55. The molecular weight excluding hydrogens is 400 g/mol. The number of hydrogen-bond donors (Lipinski definition) is 1. The van der Waals surface area contributed by atoms with Gasteiger partial charge in [-0.25, -0.2) is 0 Å². The molecule has 0 bridgehead atoms. The molecular formula is C22H24N4O3S. The van der Waals surface area contributed by atoms with Crippen LogP contribution in [0.4, 0.5) is 5.69 Å². The van der Waals surface area contributed by atoms with Gasteiger partial charge in [-0.05, 0) is 30.0 Å². The molecule has 7 nitrogen and oxygen atoms in total. The summed E-state index contributed by atoms with van der Waals surface area (Å²) >= 11 is 1.37. The third kappa shape index (κ3) is 4.28. The minimum absolute atomic E-state index is 0.148. The molecule has 1 aliphatic rings. The molecule has 0 saturated heterocycles. The number of carbonyl (C=O) groups excluding carboxylic acids is 1. The predicted octanol–water partition coefficient (Wildman–Crippen LogP) is 3.83. The summed E-state index contributed by atoms with van der Waals surface area (Å²) in [6.07, 6.45) is 1.08. The van der Waals surface area contributed by atoms with E-state index in [4.69, 9.17) is 9.47 Å². The molecule has 4 rings (SSSR count). The van der Waals surface area contributed by atoms with Crippen LogP contribution in [-0.4, -0.2) is 40.6 Å². The number of methoxy groups -OCH3 is 2. The Morgan fingerprint density at radius 1 is 1.13 bits per heavy atom. The summed E-state index contributed by atoms with van der Waals surface area (Å²) in [5.74, 6) is 3.15. The van der Waals surface area contributed by atoms with Crippen LogP contribution in [0, 0.1) is 0 Å². The summed E-state index contributed by atoms with van der Waals surface area (Å²) in [5.41, 5.74) is 1.91. The molecule has 156 valence electrons. The molecule has 2 atom stereocenters. The fraction of sp³-hybridized carbons (Fsp3) is 0.318. The van der Waals surface area contributed by atoms with Gasteiger partial charge in [0.2, 0.25) is 5.91 Å². The van der Waals surface area contributed by atoms with E-state index in [1.165, 1.54) is 17.3 Å². The average Bonchev–Trinajstić information content (AvgIpc) is 3.48. The number of anilines is 1. The highest BCUT2D eigenvalue weighted by Gasteiger charge is 2.42. The molecule has 8 heteroatoms. The van der Waals surface area contributed by atoms with Crippen molar-refractivity contribution in [3.05, 3.63) is 59.9 Å². The standard InChI is InChI=1S/C22H24N4O3S/c1-26-21(17-12-16(17)14-7-5-4-6-8-14)24-25-22(26)30-13-20(27)23-18-11-15(28-2)9-10-19(18)29-3/h4-11,16-17H,12-13H2,1-3H3,(H,23,27). The quantitative estimate of drug-likeness (QED) is 0.554. The number of hydrogen-bond acceptors (Lipinski definition) is 6. The van der Waals surface area contributed by atoms with Gasteiger partial charge in [-0.3, -0.25) is 4.79 Å². The molecule has 1 amide bonds. The van der Waals surface area contributed by atoms with Crippen molar-refractivity contribution in [1.82, 2.24) is 14.8 Å². The Bertz CT molecular complexity index is 1040. The second-order valence-electron chi connectivity index (χ2n) is 7.16. The number of amides is 1. The van der Waals surface area contributed by atoms with E-state index in [0.717, 1.165) is 17.4 Å². The number of rotatable bonds is 8.